The van der Waals surface area contributed by atoms with Gasteiger partial charge in [0.15, 0.2) is 0 Å². The molecule has 2 N–H and O–H groups in total. The number of aliphatic hydroxyl groups excluding tert-OH is 1. The van der Waals surface area contributed by atoms with Crippen LogP contribution in [0.2, 0.25) is 0 Å². The van der Waals surface area contributed by atoms with Crippen LogP contribution in [0.15, 0.2) is 6.20 Å². The van der Waals surface area contributed by atoms with Crippen LogP contribution in [-0.4, -0.2) is 28.0 Å². The topological polar surface area (TPSA) is 50.1 Å². The summed E-state index contributed by atoms with van der Waals surface area (Å²) in [5.41, 5.74) is 2.41. The Labute approximate surface area is 78.6 Å². The molecule has 0 aliphatic carbocycles. The summed E-state index contributed by atoms with van der Waals surface area (Å²) in [6.07, 6.45) is 1.87. The van der Waals surface area contributed by atoms with E-state index in [1.165, 1.54) is 11.3 Å². The molecular formula is C9H17N3O. The second kappa shape index (κ2) is 4.99. The molecule has 4 nitrogen and oxygen atoms in total. The van der Waals surface area contributed by atoms with Crippen molar-refractivity contribution in [3.05, 3.63) is 17.5 Å². The molecule has 4 heteroatoms. The third-order valence-electron chi connectivity index (χ3n) is 2.04. The number of hydrogen-bond acceptors (Lipinski definition) is 3. The van der Waals surface area contributed by atoms with Gasteiger partial charge < -0.3 is 10.4 Å². The maximum absolute atomic E-state index is 8.61. The van der Waals surface area contributed by atoms with E-state index in [0.29, 0.717) is 6.54 Å². The van der Waals surface area contributed by atoms with Gasteiger partial charge in [-0.2, -0.15) is 5.10 Å². The van der Waals surface area contributed by atoms with E-state index in [-0.39, 0.29) is 6.61 Å². The number of nitrogens with zero attached hydrogens (tertiary/aromatic N) is 2. The number of rotatable bonds is 5. The predicted octanol–water partition coefficient (Wildman–Crippen LogP) is 0.293. The molecule has 74 valence electrons. The predicted molar refractivity (Wildman–Crippen MR) is 51.4 cm³/mol. The van der Waals surface area contributed by atoms with Gasteiger partial charge >= 0.3 is 0 Å². The zero-order chi connectivity index (χ0) is 9.68. The fourth-order valence-electron chi connectivity index (χ4n) is 1.29. The molecular weight excluding hydrogens is 166 g/mol. The molecule has 0 atom stereocenters. The van der Waals surface area contributed by atoms with E-state index < -0.39 is 0 Å². The quantitative estimate of drug-likeness (QED) is 0.645. The standard InChI is InChI=1S/C9H17N3O/c1-3-12-9(7-10-4-5-13)8(2)6-11-12/h6,10,13H,3-5,7H2,1-2H3. The molecule has 0 aliphatic heterocycles. The third-order valence-corrected chi connectivity index (χ3v) is 2.04. The average molecular weight is 183 g/mol. The Hall–Kier alpha value is -0.870. The van der Waals surface area contributed by atoms with Crippen LogP contribution in [0.5, 0.6) is 0 Å². The van der Waals surface area contributed by atoms with Crippen molar-refractivity contribution in [2.45, 2.75) is 26.9 Å². The first-order valence-corrected chi connectivity index (χ1v) is 4.62. The Morgan fingerprint density at radius 2 is 2.38 bits per heavy atom. The number of aliphatic hydroxyl groups is 1. The molecule has 0 fully saturated rings. The number of aryl methyl sites for hydroxylation is 2. The first-order chi connectivity index (χ1) is 6.29. The monoisotopic (exact) mass is 183 g/mol. The smallest absolute Gasteiger partial charge is 0.0556 e. The van der Waals surface area contributed by atoms with Gasteiger partial charge in [-0.1, -0.05) is 0 Å². The Kier molecular flexibility index (Phi) is 3.92. The van der Waals surface area contributed by atoms with Crippen molar-refractivity contribution >= 4 is 0 Å². The molecule has 1 aromatic heterocycles. The molecule has 0 amide bonds. The highest BCUT2D eigenvalue weighted by Crippen LogP contribution is 2.05. The number of hydrogen-bond donors (Lipinski definition) is 2. The van der Waals surface area contributed by atoms with Crippen molar-refractivity contribution in [3.8, 4) is 0 Å². The van der Waals surface area contributed by atoms with Crippen LogP contribution < -0.4 is 5.32 Å². The van der Waals surface area contributed by atoms with E-state index in [1.54, 1.807) is 0 Å². The molecule has 0 bridgehead atoms. The summed E-state index contributed by atoms with van der Waals surface area (Å²) in [5, 5.41) is 16.0. The van der Waals surface area contributed by atoms with Crippen molar-refractivity contribution in [2.24, 2.45) is 0 Å². The van der Waals surface area contributed by atoms with Crippen molar-refractivity contribution in [3.63, 3.8) is 0 Å². The highest BCUT2D eigenvalue weighted by molar-refractivity contribution is 5.15. The van der Waals surface area contributed by atoms with Crippen LogP contribution in [0.3, 0.4) is 0 Å². The second-order valence-corrected chi connectivity index (χ2v) is 2.99. The summed E-state index contributed by atoms with van der Waals surface area (Å²) >= 11 is 0. The average Bonchev–Trinajstić information content (AvgIpc) is 2.48. The van der Waals surface area contributed by atoms with Gasteiger partial charge in [-0.25, -0.2) is 0 Å². The minimum Gasteiger partial charge on any atom is -0.395 e. The molecule has 0 spiro atoms. The normalized spacial score (nSPS) is 10.7. The van der Waals surface area contributed by atoms with Crippen LogP contribution in [-0.2, 0) is 13.1 Å². The molecule has 1 heterocycles. The van der Waals surface area contributed by atoms with Crippen molar-refractivity contribution in [1.82, 2.24) is 15.1 Å². The van der Waals surface area contributed by atoms with E-state index in [0.717, 1.165) is 13.1 Å². The number of nitrogens with one attached hydrogen (secondary N) is 1. The summed E-state index contributed by atoms with van der Waals surface area (Å²) in [6.45, 7) is 6.61. The van der Waals surface area contributed by atoms with Crippen molar-refractivity contribution in [1.29, 1.82) is 0 Å². The van der Waals surface area contributed by atoms with E-state index >= 15 is 0 Å². The van der Waals surface area contributed by atoms with Gasteiger partial charge in [0.05, 0.1) is 18.5 Å². The van der Waals surface area contributed by atoms with E-state index in [4.69, 9.17) is 5.11 Å². The lowest BCUT2D eigenvalue weighted by atomic mass is 10.3. The summed E-state index contributed by atoms with van der Waals surface area (Å²) < 4.78 is 1.97. The maximum Gasteiger partial charge on any atom is 0.0556 e. The maximum atomic E-state index is 8.61. The zero-order valence-electron chi connectivity index (χ0n) is 8.25. The molecule has 0 aromatic carbocycles. The lowest BCUT2D eigenvalue weighted by molar-refractivity contribution is 0.291. The lowest BCUT2D eigenvalue weighted by Crippen LogP contribution is -2.20. The molecule has 0 unspecified atom stereocenters. The summed E-state index contributed by atoms with van der Waals surface area (Å²) in [5.74, 6) is 0. The molecule has 0 aliphatic rings. The zero-order valence-corrected chi connectivity index (χ0v) is 8.25. The molecule has 1 aromatic rings. The molecule has 0 radical (unpaired) electrons. The molecule has 13 heavy (non-hydrogen) atoms. The fraction of sp³-hybridized carbons (Fsp3) is 0.667. The second-order valence-electron chi connectivity index (χ2n) is 2.99. The van der Waals surface area contributed by atoms with Crippen LogP contribution in [0, 0.1) is 6.92 Å². The van der Waals surface area contributed by atoms with Gasteiger partial charge in [0, 0.05) is 19.6 Å². The SMILES string of the molecule is CCn1ncc(C)c1CNCCO. The van der Waals surface area contributed by atoms with Crippen LogP contribution >= 0.6 is 0 Å². The van der Waals surface area contributed by atoms with E-state index in [9.17, 15) is 0 Å². The highest BCUT2D eigenvalue weighted by atomic mass is 16.3. The third kappa shape index (κ3) is 2.54. The van der Waals surface area contributed by atoms with E-state index in [2.05, 4.69) is 24.3 Å². The van der Waals surface area contributed by atoms with Gasteiger partial charge in [-0.15, -0.1) is 0 Å². The molecule has 0 saturated heterocycles. The van der Waals surface area contributed by atoms with Crippen LogP contribution in [0.25, 0.3) is 0 Å². The lowest BCUT2D eigenvalue weighted by Gasteiger charge is -2.06. The minimum atomic E-state index is 0.180. The van der Waals surface area contributed by atoms with Gasteiger partial charge in [-0.05, 0) is 19.4 Å². The molecule has 1 rings (SSSR count). The van der Waals surface area contributed by atoms with Gasteiger partial charge in [0.1, 0.15) is 0 Å². The number of aromatic nitrogens is 2. The summed E-state index contributed by atoms with van der Waals surface area (Å²) in [4.78, 5) is 0. The van der Waals surface area contributed by atoms with Gasteiger partial charge in [0.2, 0.25) is 0 Å². The minimum absolute atomic E-state index is 0.180. The Morgan fingerprint density at radius 3 is 3.00 bits per heavy atom. The van der Waals surface area contributed by atoms with E-state index in [1.807, 2.05) is 10.9 Å². The first-order valence-electron chi connectivity index (χ1n) is 4.62. The Morgan fingerprint density at radius 1 is 1.62 bits per heavy atom. The Balaban J connectivity index is 2.57. The first kappa shape index (κ1) is 10.2. The fourth-order valence-corrected chi connectivity index (χ4v) is 1.29. The van der Waals surface area contributed by atoms with Crippen LogP contribution in [0.4, 0.5) is 0 Å². The van der Waals surface area contributed by atoms with Gasteiger partial charge in [0.25, 0.3) is 0 Å². The van der Waals surface area contributed by atoms with Crippen LogP contribution in [0.1, 0.15) is 18.2 Å². The summed E-state index contributed by atoms with van der Waals surface area (Å²) in [6, 6.07) is 0. The summed E-state index contributed by atoms with van der Waals surface area (Å²) in [7, 11) is 0. The van der Waals surface area contributed by atoms with Crippen molar-refractivity contribution < 1.29 is 5.11 Å². The van der Waals surface area contributed by atoms with Crippen molar-refractivity contribution in [2.75, 3.05) is 13.2 Å². The highest BCUT2D eigenvalue weighted by Gasteiger charge is 2.04. The Bertz CT molecular complexity index is 257. The van der Waals surface area contributed by atoms with Gasteiger partial charge in [-0.3, -0.25) is 4.68 Å². The molecule has 0 saturated carbocycles. The largest absolute Gasteiger partial charge is 0.395 e.